The van der Waals surface area contributed by atoms with E-state index in [1.807, 2.05) is 43.3 Å². The van der Waals surface area contributed by atoms with Crippen molar-refractivity contribution >= 4 is 28.5 Å². The molecule has 0 bridgehead atoms. The number of nitrogens with one attached hydrogen (secondary N) is 1. The van der Waals surface area contributed by atoms with Crippen molar-refractivity contribution in [1.82, 2.24) is 10.2 Å². The topological polar surface area (TPSA) is 54.7 Å². The Morgan fingerprint density at radius 1 is 1.17 bits per heavy atom. The Morgan fingerprint density at radius 2 is 1.90 bits per heavy atom. The third kappa shape index (κ3) is 4.38. The molecule has 1 saturated heterocycles. The minimum absolute atomic E-state index is 0.0477. The molecule has 0 spiro atoms. The standard InChI is InChI=1S/C24H27ClN2O3/c1-3-17-4-9-22-20(14-17)16(2)23(30-22)24(28)26-15-21(27-10-12-29-13-11-27)18-5-7-19(25)8-6-18/h4-9,14,21H,3,10-13,15H2,1-2H3,(H,26,28)/t21-/m0/s1. The molecule has 1 fully saturated rings. The van der Waals surface area contributed by atoms with Gasteiger partial charge in [-0.1, -0.05) is 36.7 Å². The van der Waals surface area contributed by atoms with Crippen molar-refractivity contribution in [3.63, 3.8) is 0 Å². The van der Waals surface area contributed by atoms with E-state index in [4.69, 9.17) is 20.8 Å². The summed E-state index contributed by atoms with van der Waals surface area (Å²) < 4.78 is 11.4. The molecule has 1 aliphatic heterocycles. The van der Waals surface area contributed by atoms with Crippen LogP contribution < -0.4 is 5.32 Å². The van der Waals surface area contributed by atoms with E-state index in [0.29, 0.717) is 30.5 Å². The Balaban J connectivity index is 1.54. The lowest BCUT2D eigenvalue weighted by Crippen LogP contribution is -2.43. The van der Waals surface area contributed by atoms with Crippen molar-refractivity contribution < 1.29 is 13.9 Å². The molecular weight excluding hydrogens is 400 g/mol. The first-order chi connectivity index (χ1) is 14.6. The zero-order valence-electron chi connectivity index (χ0n) is 17.4. The quantitative estimate of drug-likeness (QED) is 0.617. The Kier molecular flexibility index (Phi) is 6.42. The van der Waals surface area contributed by atoms with Gasteiger partial charge in [-0.25, -0.2) is 0 Å². The number of ether oxygens (including phenoxy) is 1. The second kappa shape index (κ2) is 9.21. The van der Waals surface area contributed by atoms with E-state index >= 15 is 0 Å². The number of hydrogen-bond donors (Lipinski definition) is 1. The molecule has 0 unspecified atom stereocenters. The molecule has 1 aromatic heterocycles. The highest BCUT2D eigenvalue weighted by atomic mass is 35.5. The number of rotatable bonds is 6. The summed E-state index contributed by atoms with van der Waals surface area (Å²) in [6.07, 6.45) is 0.949. The Hall–Kier alpha value is -2.34. The van der Waals surface area contributed by atoms with Gasteiger partial charge in [-0.05, 0) is 48.7 Å². The van der Waals surface area contributed by atoms with Gasteiger partial charge in [-0.2, -0.15) is 0 Å². The van der Waals surface area contributed by atoms with E-state index < -0.39 is 0 Å². The van der Waals surface area contributed by atoms with Crippen molar-refractivity contribution in [2.45, 2.75) is 26.3 Å². The maximum atomic E-state index is 13.0. The van der Waals surface area contributed by atoms with Crippen LogP contribution in [0.15, 0.2) is 46.9 Å². The van der Waals surface area contributed by atoms with Crippen molar-refractivity contribution in [1.29, 1.82) is 0 Å². The van der Waals surface area contributed by atoms with Crippen LogP contribution in [0.4, 0.5) is 0 Å². The second-order valence-corrected chi connectivity index (χ2v) is 8.10. The van der Waals surface area contributed by atoms with Gasteiger partial charge in [0, 0.05) is 35.6 Å². The molecule has 30 heavy (non-hydrogen) atoms. The number of fused-ring (bicyclic) bond motifs is 1. The van der Waals surface area contributed by atoms with E-state index in [0.717, 1.165) is 41.6 Å². The number of morpholine rings is 1. The maximum absolute atomic E-state index is 13.0. The monoisotopic (exact) mass is 426 g/mol. The summed E-state index contributed by atoms with van der Waals surface area (Å²) >= 11 is 6.07. The first kappa shape index (κ1) is 20.9. The van der Waals surface area contributed by atoms with Crippen molar-refractivity contribution in [2.24, 2.45) is 0 Å². The number of carbonyl (C=O) groups excluding carboxylic acids is 1. The van der Waals surface area contributed by atoms with E-state index in [1.54, 1.807) is 0 Å². The first-order valence-corrected chi connectivity index (χ1v) is 10.8. The molecule has 3 aromatic rings. The minimum atomic E-state index is -0.186. The molecule has 2 aromatic carbocycles. The minimum Gasteiger partial charge on any atom is -0.451 e. The van der Waals surface area contributed by atoms with Crippen LogP contribution in [-0.2, 0) is 11.2 Å². The zero-order chi connectivity index (χ0) is 21.1. The van der Waals surface area contributed by atoms with Gasteiger partial charge in [0.15, 0.2) is 5.76 Å². The predicted molar refractivity (Wildman–Crippen MR) is 119 cm³/mol. The highest BCUT2D eigenvalue weighted by molar-refractivity contribution is 6.30. The third-order valence-electron chi connectivity index (χ3n) is 5.81. The van der Waals surface area contributed by atoms with Gasteiger partial charge in [0.1, 0.15) is 5.58 Å². The number of carbonyl (C=O) groups is 1. The summed E-state index contributed by atoms with van der Waals surface area (Å²) in [5.74, 6) is 0.198. The molecule has 0 radical (unpaired) electrons. The molecule has 1 N–H and O–H groups in total. The van der Waals surface area contributed by atoms with Gasteiger partial charge in [-0.15, -0.1) is 0 Å². The number of hydrogen-bond acceptors (Lipinski definition) is 4. The van der Waals surface area contributed by atoms with Crippen LogP contribution in [0.1, 0.15) is 40.2 Å². The smallest absolute Gasteiger partial charge is 0.287 e. The summed E-state index contributed by atoms with van der Waals surface area (Å²) in [6, 6.07) is 14.0. The molecule has 0 aliphatic carbocycles. The summed E-state index contributed by atoms with van der Waals surface area (Å²) in [4.78, 5) is 15.3. The van der Waals surface area contributed by atoms with Crippen LogP contribution in [0.2, 0.25) is 5.02 Å². The van der Waals surface area contributed by atoms with Gasteiger partial charge in [-0.3, -0.25) is 9.69 Å². The van der Waals surface area contributed by atoms with Crippen LogP contribution in [-0.4, -0.2) is 43.7 Å². The molecule has 158 valence electrons. The lowest BCUT2D eigenvalue weighted by atomic mass is 10.0. The van der Waals surface area contributed by atoms with Gasteiger partial charge < -0.3 is 14.5 Å². The lowest BCUT2D eigenvalue weighted by Gasteiger charge is -2.34. The number of nitrogens with zero attached hydrogens (tertiary/aromatic N) is 1. The predicted octanol–water partition coefficient (Wildman–Crippen LogP) is 4.76. The fourth-order valence-corrected chi connectivity index (χ4v) is 4.13. The SMILES string of the molecule is CCc1ccc2oc(C(=O)NC[C@@H](c3ccc(Cl)cc3)N3CCOCC3)c(C)c2c1. The fraction of sp³-hybridized carbons (Fsp3) is 0.375. The summed E-state index contributed by atoms with van der Waals surface area (Å²) in [5.41, 5.74) is 3.98. The number of aryl methyl sites for hydroxylation is 2. The van der Waals surface area contributed by atoms with E-state index in [1.165, 1.54) is 5.56 Å². The number of amides is 1. The molecular formula is C24H27ClN2O3. The normalized spacial score (nSPS) is 16.0. The van der Waals surface area contributed by atoms with E-state index in [-0.39, 0.29) is 11.9 Å². The van der Waals surface area contributed by atoms with E-state index in [2.05, 4.69) is 23.2 Å². The average molecular weight is 427 g/mol. The first-order valence-electron chi connectivity index (χ1n) is 10.4. The Morgan fingerprint density at radius 3 is 2.60 bits per heavy atom. The van der Waals surface area contributed by atoms with Crippen molar-refractivity contribution in [3.05, 3.63) is 69.9 Å². The number of furan rings is 1. The largest absolute Gasteiger partial charge is 0.451 e. The second-order valence-electron chi connectivity index (χ2n) is 7.67. The number of halogens is 1. The van der Waals surface area contributed by atoms with Gasteiger partial charge >= 0.3 is 0 Å². The molecule has 4 rings (SSSR count). The summed E-state index contributed by atoms with van der Waals surface area (Å²) in [5, 5.41) is 4.80. The van der Waals surface area contributed by atoms with Gasteiger partial charge in [0.05, 0.1) is 19.3 Å². The molecule has 1 amide bonds. The Labute approximate surface area is 181 Å². The van der Waals surface area contributed by atoms with Crippen LogP contribution in [0.5, 0.6) is 0 Å². The fourth-order valence-electron chi connectivity index (χ4n) is 4.01. The van der Waals surface area contributed by atoms with Crippen molar-refractivity contribution in [3.8, 4) is 0 Å². The maximum Gasteiger partial charge on any atom is 0.287 e. The summed E-state index contributed by atoms with van der Waals surface area (Å²) in [7, 11) is 0. The van der Waals surface area contributed by atoms with E-state index in [9.17, 15) is 4.79 Å². The van der Waals surface area contributed by atoms with Crippen LogP contribution in [0.25, 0.3) is 11.0 Å². The Bertz CT molecular complexity index is 1020. The highest BCUT2D eigenvalue weighted by Crippen LogP contribution is 2.27. The van der Waals surface area contributed by atoms with Crippen LogP contribution >= 0.6 is 11.6 Å². The van der Waals surface area contributed by atoms with Crippen LogP contribution in [0.3, 0.4) is 0 Å². The van der Waals surface area contributed by atoms with Crippen molar-refractivity contribution in [2.75, 3.05) is 32.8 Å². The van der Waals surface area contributed by atoms with Gasteiger partial charge in [0.25, 0.3) is 5.91 Å². The summed E-state index contributed by atoms with van der Waals surface area (Å²) in [6.45, 7) is 7.59. The molecule has 0 saturated carbocycles. The molecule has 2 heterocycles. The zero-order valence-corrected chi connectivity index (χ0v) is 18.2. The third-order valence-corrected chi connectivity index (χ3v) is 6.06. The lowest BCUT2D eigenvalue weighted by molar-refractivity contribution is 0.0161. The van der Waals surface area contributed by atoms with Crippen LogP contribution in [0, 0.1) is 6.92 Å². The molecule has 1 atom stereocenters. The average Bonchev–Trinajstić information content (AvgIpc) is 3.11. The highest BCUT2D eigenvalue weighted by Gasteiger charge is 2.25. The molecule has 1 aliphatic rings. The number of benzene rings is 2. The molecule has 6 heteroatoms. The molecule has 5 nitrogen and oxygen atoms in total. The van der Waals surface area contributed by atoms with Gasteiger partial charge in [0.2, 0.25) is 0 Å².